The van der Waals surface area contributed by atoms with Crippen molar-refractivity contribution in [3.63, 3.8) is 0 Å². The zero-order valence-corrected chi connectivity index (χ0v) is 17.2. The van der Waals surface area contributed by atoms with E-state index in [-0.39, 0.29) is 24.2 Å². The summed E-state index contributed by atoms with van der Waals surface area (Å²) in [5, 5.41) is 6.87. The van der Waals surface area contributed by atoms with Gasteiger partial charge in [-0.3, -0.25) is 9.59 Å². The van der Waals surface area contributed by atoms with Crippen LogP contribution in [-0.2, 0) is 9.59 Å². The zero-order chi connectivity index (χ0) is 17.9. The predicted molar refractivity (Wildman–Crippen MR) is 106 cm³/mol. The van der Waals surface area contributed by atoms with E-state index in [1.807, 2.05) is 18.7 Å². The summed E-state index contributed by atoms with van der Waals surface area (Å²) in [6, 6.07) is 1.22. The molecular formula is C20H36ClN3O2. The molecule has 2 saturated heterocycles. The highest BCUT2D eigenvalue weighted by Gasteiger charge is 2.43. The number of hydrogen-bond donors (Lipinski definition) is 2. The molecule has 0 aromatic rings. The maximum Gasteiger partial charge on any atom is 0.248 e. The monoisotopic (exact) mass is 385 g/mol. The van der Waals surface area contributed by atoms with Gasteiger partial charge >= 0.3 is 0 Å². The average Bonchev–Trinajstić information content (AvgIpc) is 2.95. The number of carbonyl (C=O) groups is 2. The lowest BCUT2D eigenvalue weighted by atomic mass is 9.79. The Morgan fingerprint density at radius 1 is 1.04 bits per heavy atom. The topological polar surface area (TPSA) is 61.4 Å². The van der Waals surface area contributed by atoms with Gasteiger partial charge in [-0.2, -0.15) is 0 Å². The third kappa shape index (κ3) is 4.72. The van der Waals surface area contributed by atoms with Gasteiger partial charge in [0.25, 0.3) is 0 Å². The van der Waals surface area contributed by atoms with Crippen molar-refractivity contribution in [1.29, 1.82) is 0 Å². The number of fused-ring (bicyclic) bond motifs is 2. The molecule has 2 atom stereocenters. The van der Waals surface area contributed by atoms with Crippen molar-refractivity contribution >= 4 is 24.2 Å². The molecule has 3 rings (SSSR count). The van der Waals surface area contributed by atoms with Gasteiger partial charge in [0.05, 0.1) is 0 Å². The minimum Gasteiger partial charge on any atom is -0.342 e. The fraction of sp³-hybridized carbons (Fsp3) is 0.900. The van der Waals surface area contributed by atoms with Crippen LogP contribution in [0.3, 0.4) is 0 Å². The van der Waals surface area contributed by atoms with E-state index in [1.165, 1.54) is 19.3 Å². The van der Waals surface area contributed by atoms with E-state index < -0.39 is 5.54 Å². The van der Waals surface area contributed by atoms with E-state index in [0.717, 1.165) is 38.5 Å². The summed E-state index contributed by atoms with van der Waals surface area (Å²) in [6.07, 6.45) is 10.2. The minimum absolute atomic E-state index is 0. The van der Waals surface area contributed by atoms with Gasteiger partial charge < -0.3 is 15.5 Å². The van der Waals surface area contributed by atoms with E-state index >= 15 is 0 Å². The fourth-order valence-electron chi connectivity index (χ4n) is 5.28. The molecule has 0 spiro atoms. The van der Waals surface area contributed by atoms with E-state index in [0.29, 0.717) is 37.5 Å². The first-order valence-electron chi connectivity index (χ1n) is 10.4. The second kappa shape index (κ2) is 9.41. The Morgan fingerprint density at radius 2 is 1.62 bits per heavy atom. The van der Waals surface area contributed by atoms with Gasteiger partial charge in [0.1, 0.15) is 5.54 Å². The number of halogens is 1. The lowest BCUT2D eigenvalue weighted by Crippen LogP contribution is -2.60. The van der Waals surface area contributed by atoms with E-state index in [2.05, 4.69) is 10.6 Å². The number of piperidine rings is 1. The summed E-state index contributed by atoms with van der Waals surface area (Å²) >= 11 is 0. The summed E-state index contributed by atoms with van der Waals surface area (Å²) in [5.41, 5.74) is -0.646. The van der Waals surface area contributed by atoms with Gasteiger partial charge in [0.15, 0.2) is 0 Å². The lowest BCUT2D eigenvalue weighted by molar-refractivity contribution is -0.143. The Bertz CT molecular complexity index is 477. The Labute approximate surface area is 164 Å². The van der Waals surface area contributed by atoms with Gasteiger partial charge in [-0.25, -0.2) is 0 Å². The summed E-state index contributed by atoms with van der Waals surface area (Å²) in [5.74, 6) is 0.701. The number of nitrogens with one attached hydrogen (secondary N) is 2. The van der Waals surface area contributed by atoms with Crippen LogP contribution in [0.5, 0.6) is 0 Å². The molecule has 6 heteroatoms. The first-order chi connectivity index (χ1) is 12.1. The van der Waals surface area contributed by atoms with Crippen molar-refractivity contribution in [3.05, 3.63) is 0 Å². The third-order valence-corrected chi connectivity index (χ3v) is 6.59. The minimum atomic E-state index is -0.646. The predicted octanol–water partition coefficient (Wildman–Crippen LogP) is 3.02. The second-order valence-electron chi connectivity index (χ2n) is 8.35. The molecule has 2 unspecified atom stereocenters. The van der Waals surface area contributed by atoms with E-state index in [1.54, 1.807) is 0 Å². The molecule has 2 bridgehead atoms. The Hall–Kier alpha value is -0.810. The van der Waals surface area contributed by atoms with Crippen LogP contribution in [0.25, 0.3) is 0 Å². The van der Waals surface area contributed by atoms with Gasteiger partial charge in [-0.05, 0) is 58.3 Å². The number of rotatable bonds is 6. The number of amides is 2. The molecule has 26 heavy (non-hydrogen) atoms. The van der Waals surface area contributed by atoms with Crippen molar-refractivity contribution in [1.82, 2.24) is 15.5 Å². The van der Waals surface area contributed by atoms with Crippen LogP contribution in [0.2, 0.25) is 0 Å². The van der Waals surface area contributed by atoms with E-state index in [4.69, 9.17) is 0 Å². The molecule has 0 radical (unpaired) electrons. The van der Waals surface area contributed by atoms with Gasteiger partial charge in [-0.15, -0.1) is 12.4 Å². The lowest BCUT2D eigenvalue weighted by Gasteiger charge is -2.40. The van der Waals surface area contributed by atoms with Crippen LogP contribution in [0.15, 0.2) is 0 Å². The molecule has 3 fully saturated rings. The molecule has 150 valence electrons. The average molecular weight is 386 g/mol. The Balaban J connectivity index is 0.00000243. The molecule has 1 aliphatic carbocycles. The maximum atomic E-state index is 13.1. The van der Waals surface area contributed by atoms with Crippen LogP contribution >= 0.6 is 12.4 Å². The van der Waals surface area contributed by atoms with Crippen molar-refractivity contribution in [2.75, 3.05) is 13.1 Å². The Kier molecular flexibility index (Phi) is 7.77. The SMILES string of the molecule is CCN(CC)C(=O)C1(NC(=O)CC2CC3CCC(C2)N3)CCCCC1.Cl. The van der Waals surface area contributed by atoms with Crippen LogP contribution in [0.4, 0.5) is 0 Å². The largest absolute Gasteiger partial charge is 0.342 e. The number of nitrogens with zero attached hydrogens (tertiary/aromatic N) is 1. The van der Waals surface area contributed by atoms with E-state index in [9.17, 15) is 9.59 Å². The van der Waals surface area contributed by atoms with Crippen molar-refractivity contribution in [2.45, 2.75) is 95.7 Å². The molecular weight excluding hydrogens is 350 g/mol. The molecule has 2 amide bonds. The highest BCUT2D eigenvalue weighted by atomic mass is 35.5. The van der Waals surface area contributed by atoms with Crippen LogP contribution in [0, 0.1) is 5.92 Å². The van der Waals surface area contributed by atoms with Crippen LogP contribution in [-0.4, -0.2) is 47.4 Å². The van der Waals surface area contributed by atoms with Gasteiger partial charge in [0, 0.05) is 31.6 Å². The molecule has 2 N–H and O–H groups in total. The molecule has 5 nitrogen and oxygen atoms in total. The van der Waals surface area contributed by atoms with Crippen molar-refractivity contribution < 1.29 is 9.59 Å². The van der Waals surface area contributed by atoms with Gasteiger partial charge in [0.2, 0.25) is 11.8 Å². The zero-order valence-electron chi connectivity index (χ0n) is 16.4. The summed E-state index contributed by atoms with van der Waals surface area (Å²) in [6.45, 7) is 5.46. The highest BCUT2D eigenvalue weighted by molar-refractivity contribution is 5.91. The fourth-order valence-corrected chi connectivity index (χ4v) is 5.28. The first-order valence-corrected chi connectivity index (χ1v) is 10.4. The molecule has 1 saturated carbocycles. The number of likely N-dealkylation sites (N-methyl/N-ethyl adjacent to an activating group) is 1. The smallest absolute Gasteiger partial charge is 0.248 e. The Morgan fingerprint density at radius 3 is 2.15 bits per heavy atom. The van der Waals surface area contributed by atoms with Crippen LogP contribution < -0.4 is 10.6 Å². The second-order valence-corrected chi connectivity index (χ2v) is 8.35. The standard InChI is InChI=1S/C20H35N3O2.ClH/c1-3-23(4-2)19(25)20(10-6-5-7-11-20)22-18(24)14-15-12-16-8-9-17(13-15)21-16;/h15-17,21H,3-14H2,1-2H3,(H,22,24);1H. The maximum absolute atomic E-state index is 13.1. The van der Waals surface area contributed by atoms with Crippen molar-refractivity contribution in [3.8, 4) is 0 Å². The number of hydrogen-bond acceptors (Lipinski definition) is 3. The third-order valence-electron chi connectivity index (χ3n) is 6.59. The molecule has 0 aromatic carbocycles. The summed E-state index contributed by atoms with van der Waals surface area (Å²) in [4.78, 5) is 27.8. The van der Waals surface area contributed by atoms with Gasteiger partial charge in [-0.1, -0.05) is 19.3 Å². The molecule has 0 aromatic heterocycles. The summed E-state index contributed by atoms with van der Waals surface area (Å²) < 4.78 is 0. The quantitative estimate of drug-likeness (QED) is 0.738. The normalized spacial score (nSPS) is 29.5. The molecule has 2 aliphatic heterocycles. The number of carbonyl (C=O) groups excluding carboxylic acids is 2. The molecule has 2 heterocycles. The molecule has 3 aliphatic rings. The van der Waals surface area contributed by atoms with Crippen LogP contribution in [0.1, 0.15) is 78.1 Å². The first kappa shape index (κ1) is 21.5. The van der Waals surface area contributed by atoms with Crippen molar-refractivity contribution in [2.24, 2.45) is 5.92 Å². The summed E-state index contributed by atoms with van der Waals surface area (Å²) in [7, 11) is 0. The highest BCUT2D eigenvalue weighted by Crippen LogP contribution is 2.34.